The van der Waals surface area contributed by atoms with Gasteiger partial charge in [-0.2, -0.15) is 0 Å². The number of unbranched alkanes of at least 4 members (excludes halogenated alkanes) is 15. The minimum atomic E-state index is -1.26. The number of aliphatic hydroxyl groups is 2. The summed E-state index contributed by atoms with van der Waals surface area (Å²) in [6.45, 7) is 2.28. The summed E-state index contributed by atoms with van der Waals surface area (Å²) in [5, 5.41) is 17.6. The summed E-state index contributed by atoms with van der Waals surface area (Å²) in [6, 6.07) is 0. The molecule has 2 nitrogen and oxygen atoms in total. The maximum Gasteiger partial charge on any atom is 0.152 e. The Morgan fingerprint density at radius 2 is 0.917 bits per heavy atom. The van der Waals surface area contributed by atoms with Crippen molar-refractivity contribution in [2.75, 3.05) is 0 Å². The highest BCUT2D eigenvalue weighted by Gasteiger charge is 2.08. The van der Waals surface area contributed by atoms with Gasteiger partial charge in [-0.05, 0) is 6.42 Å². The van der Waals surface area contributed by atoms with Crippen LogP contribution >= 0.6 is 11.6 Å². The molecule has 3 heteroatoms. The van der Waals surface area contributed by atoms with Crippen LogP contribution in [0, 0.1) is 0 Å². The largest absolute Gasteiger partial charge is 0.368 e. The second-order valence-corrected chi connectivity index (χ2v) is 8.02. The predicted molar refractivity (Wildman–Crippen MR) is 107 cm³/mol. The standard InChI is InChI=1S/C21H43ClO2/c1-2-3-4-5-6-7-8-9-10-11-12-13-14-15-16-17-18-20(22)19-21(23)24/h20-21,23-24H,2-19H2,1H3. The predicted octanol–water partition coefficient (Wildman–Crippen LogP) is 6.95. The molecule has 1 unspecified atom stereocenters. The van der Waals surface area contributed by atoms with Gasteiger partial charge >= 0.3 is 0 Å². The molecule has 0 rings (SSSR count). The third kappa shape index (κ3) is 20.3. The molecule has 2 N–H and O–H groups in total. The Morgan fingerprint density at radius 3 is 1.25 bits per heavy atom. The average molecular weight is 363 g/mol. The first-order valence-electron chi connectivity index (χ1n) is 10.7. The highest BCUT2D eigenvalue weighted by Crippen LogP contribution is 2.16. The fourth-order valence-electron chi connectivity index (χ4n) is 3.26. The fourth-order valence-corrected chi connectivity index (χ4v) is 3.57. The Labute approximate surface area is 156 Å². The van der Waals surface area contributed by atoms with Crippen LogP contribution in [-0.4, -0.2) is 21.9 Å². The maximum absolute atomic E-state index is 8.83. The first-order chi connectivity index (χ1) is 11.7. The molecule has 0 saturated heterocycles. The zero-order chi connectivity index (χ0) is 17.9. The van der Waals surface area contributed by atoms with E-state index in [2.05, 4.69) is 6.92 Å². The molecule has 0 radical (unpaired) electrons. The van der Waals surface area contributed by atoms with E-state index in [1.54, 1.807) is 0 Å². The van der Waals surface area contributed by atoms with Crippen molar-refractivity contribution in [2.24, 2.45) is 0 Å². The molecular weight excluding hydrogens is 320 g/mol. The van der Waals surface area contributed by atoms with Gasteiger partial charge in [-0.1, -0.05) is 110 Å². The van der Waals surface area contributed by atoms with E-state index in [9.17, 15) is 0 Å². The summed E-state index contributed by atoms with van der Waals surface area (Å²) in [5.74, 6) is 0. The number of aliphatic hydroxyl groups excluding tert-OH is 1. The van der Waals surface area contributed by atoms with Crippen LogP contribution in [-0.2, 0) is 0 Å². The number of alkyl halides is 1. The Hall–Kier alpha value is 0.210. The Balaban J connectivity index is 3.05. The van der Waals surface area contributed by atoms with Gasteiger partial charge in [0.2, 0.25) is 0 Å². The van der Waals surface area contributed by atoms with Crippen molar-refractivity contribution in [3.8, 4) is 0 Å². The van der Waals surface area contributed by atoms with E-state index >= 15 is 0 Å². The summed E-state index contributed by atoms with van der Waals surface area (Å²) in [7, 11) is 0. The molecule has 146 valence electrons. The molecule has 0 aromatic rings. The second kappa shape index (κ2) is 19.5. The third-order valence-corrected chi connectivity index (χ3v) is 5.23. The van der Waals surface area contributed by atoms with Crippen LogP contribution in [0.25, 0.3) is 0 Å². The molecule has 0 fully saturated rings. The molecule has 0 aliphatic carbocycles. The third-order valence-electron chi connectivity index (χ3n) is 4.84. The van der Waals surface area contributed by atoms with Crippen LogP contribution in [0.15, 0.2) is 0 Å². The molecule has 0 amide bonds. The summed E-state index contributed by atoms with van der Waals surface area (Å²) in [4.78, 5) is 0. The SMILES string of the molecule is CCCCCCCCCCCCCCCCCCC(Cl)CC(O)O. The molecule has 0 aliphatic heterocycles. The van der Waals surface area contributed by atoms with Gasteiger partial charge in [-0.3, -0.25) is 0 Å². The van der Waals surface area contributed by atoms with Crippen molar-refractivity contribution in [3.05, 3.63) is 0 Å². The van der Waals surface area contributed by atoms with Crippen molar-refractivity contribution in [3.63, 3.8) is 0 Å². The van der Waals surface area contributed by atoms with Crippen LogP contribution in [0.4, 0.5) is 0 Å². The van der Waals surface area contributed by atoms with E-state index < -0.39 is 6.29 Å². The first-order valence-corrected chi connectivity index (χ1v) is 11.1. The van der Waals surface area contributed by atoms with E-state index in [4.69, 9.17) is 21.8 Å². The lowest BCUT2D eigenvalue weighted by Gasteiger charge is -2.10. The van der Waals surface area contributed by atoms with E-state index in [-0.39, 0.29) is 5.38 Å². The van der Waals surface area contributed by atoms with E-state index in [0.717, 1.165) is 12.8 Å². The lowest BCUT2D eigenvalue weighted by atomic mass is 10.0. The topological polar surface area (TPSA) is 40.5 Å². The molecule has 0 saturated carbocycles. The second-order valence-electron chi connectivity index (χ2n) is 7.41. The summed E-state index contributed by atoms with van der Waals surface area (Å²) in [6.07, 6.45) is 21.9. The lowest BCUT2D eigenvalue weighted by Crippen LogP contribution is -2.12. The summed E-state index contributed by atoms with van der Waals surface area (Å²) < 4.78 is 0. The number of halogens is 1. The van der Waals surface area contributed by atoms with Gasteiger partial charge < -0.3 is 10.2 Å². The fraction of sp³-hybridized carbons (Fsp3) is 1.00. The highest BCUT2D eigenvalue weighted by molar-refractivity contribution is 6.20. The zero-order valence-corrected chi connectivity index (χ0v) is 16.9. The smallest absolute Gasteiger partial charge is 0.152 e. The Morgan fingerprint density at radius 1 is 0.583 bits per heavy atom. The average Bonchev–Trinajstić information content (AvgIpc) is 2.53. The van der Waals surface area contributed by atoms with Crippen molar-refractivity contribution in [1.29, 1.82) is 0 Å². The number of rotatable bonds is 19. The van der Waals surface area contributed by atoms with Gasteiger partial charge in [-0.15, -0.1) is 11.6 Å². The number of hydrogen-bond acceptors (Lipinski definition) is 2. The lowest BCUT2D eigenvalue weighted by molar-refractivity contribution is -0.0457. The van der Waals surface area contributed by atoms with Crippen LogP contribution in [0.3, 0.4) is 0 Å². The Kier molecular flexibility index (Phi) is 19.7. The first kappa shape index (κ1) is 24.2. The Bertz CT molecular complexity index is 234. The van der Waals surface area contributed by atoms with Crippen LogP contribution in [0.2, 0.25) is 0 Å². The molecular formula is C21H43ClO2. The van der Waals surface area contributed by atoms with Gasteiger partial charge in [0.05, 0.1) is 0 Å². The normalized spacial score (nSPS) is 12.9. The summed E-state index contributed by atoms with van der Waals surface area (Å²) in [5.41, 5.74) is 0. The monoisotopic (exact) mass is 362 g/mol. The van der Waals surface area contributed by atoms with E-state index in [1.165, 1.54) is 96.3 Å². The molecule has 0 bridgehead atoms. The van der Waals surface area contributed by atoms with E-state index in [0.29, 0.717) is 6.42 Å². The quantitative estimate of drug-likeness (QED) is 0.148. The minimum absolute atomic E-state index is 0.0864. The van der Waals surface area contributed by atoms with Crippen molar-refractivity contribution < 1.29 is 10.2 Å². The minimum Gasteiger partial charge on any atom is -0.368 e. The molecule has 0 aromatic heterocycles. The summed E-state index contributed by atoms with van der Waals surface area (Å²) >= 11 is 6.02. The van der Waals surface area contributed by atoms with E-state index in [1.807, 2.05) is 0 Å². The van der Waals surface area contributed by atoms with Crippen LogP contribution < -0.4 is 0 Å². The van der Waals surface area contributed by atoms with Crippen molar-refractivity contribution in [1.82, 2.24) is 0 Å². The van der Waals surface area contributed by atoms with Gasteiger partial charge in [0.1, 0.15) is 0 Å². The molecule has 0 spiro atoms. The molecule has 0 aliphatic rings. The van der Waals surface area contributed by atoms with Crippen LogP contribution in [0.1, 0.15) is 122 Å². The highest BCUT2D eigenvalue weighted by atomic mass is 35.5. The zero-order valence-electron chi connectivity index (χ0n) is 16.2. The van der Waals surface area contributed by atoms with Gasteiger partial charge in [0.25, 0.3) is 0 Å². The van der Waals surface area contributed by atoms with Gasteiger partial charge in [0, 0.05) is 11.8 Å². The van der Waals surface area contributed by atoms with Gasteiger partial charge in [-0.25, -0.2) is 0 Å². The van der Waals surface area contributed by atoms with Crippen molar-refractivity contribution >= 4 is 11.6 Å². The van der Waals surface area contributed by atoms with Gasteiger partial charge in [0.15, 0.2) is 6.29 Å². The number of hydrogen-bond donors (Lipinski definition) is 2. The van der Waals surface area contributed by atoms with Crippen molar-refractivity contribution in [2.45, 2.75) is 134 Å². The maximum atomic E-state index is 8.83. The molecule has 0 aromatic carbocycles. The molecule has 24 heavy (non-hydrogen) atoms. The van der Waals surface area contributed by atoms with Crippen LogP contribution in [0.5, 0.6) is 0 Å². The molecule has 1 atom stereocenters. The molecule has 0 heterocycles.